The van der Waals surface area contributed by atoms with Crippen molar-refractivity contribution < 1.29 is 54.9 Å². The van der Waals surface area contributed by atoms with Crippen molar-refractivity contribution in [2.45, 2.75) is 75.5 Å². The Bertz CT molecular complexity index is 2690. The lowest BCUT2D eigenvalue weighted by molar-refractivity contribution is -0.120. The van der Waals surface area contributed by atoms with Gasteiger partial charge in [0.05, 0.1) is 21.3 Å². The van der Waals surface area contributed by atoms with Crippen molar-refractivity contribution in [3.8, 4) is 17.2 Å². The quantitative estimate of drug-likeness (QED) is 0.0724. The molecule has 0 aromatic heterocycles. The Morgan fingerprint density at radius 3 is 0.840 bits per heavy atom. The van der Waals surface area contributed by atoms with Gasteiger partial charge in [0.2, 0.25) is 0 Å². The van der Waals surface area contributed by atoms with Crippen molar-refractivity contribution in [3.63, 3.8) is 0 Å². The zero-order valence-corrected chi connectivity index (χ0v) is 47.6. The fourth-order valence-corrected chi connectivity index (χ4v) is 11.6. The Hall–Kier alpha value is -5.94. The van der Waals surface area contributed by atoms with Gasteiger partial charge in [-0.3, -0.25) is 14.4 Å². The molecule has 9 rings (SSSR count). The summed E-state index contributed by atoms with van der Waals surface area (Å²) >= 11 is 17.6. The van der Waals surface area contributed by atoms with Crippen molar-refractivity contribution in [2.24, 2.45) is 17.8 Å². The van der Waals surface area contributed by atoms with Gasteiger partial charge in [0.1, 0.15) is 69.5 Å². The minimum Gasteiger partial charge on any atom is -0.497 e. The third-order valence-corrected chi connectivity index (χ3v) is 16.0. The minimum absolute atomic E-state index is 0.0466. The van der Waals surface area contributed by atoms with Crippen LogP contribution in [0.2, 0.25) is 15.1 Å². The molecule has 5 unspecified atom stereocenters. The standard InChI is InChI=1S/3C21H22ClF2NO2/c3*1-27-17-10-19(23)21(20(24)11-17)18-6-7-25-12-14(18)9-16(26)8-13-2-4-15(22)5-3-13/h3*2-5,10-11,14,18,25H,6-9,12H2,1H3/t14-,18?;;/m1../s1. The van der Waals surface area contributed by atoms with Crippen molar-refractivity contribution in [3.05, 3.63) is 193 Å². The second-order valence-corrected chi connectivity index (χ2v) is 22.0. The summed E-state index contributed by atoms with van der Waals surface area (Å²) in [7, 11) is 4.12. The number of hydrogen-bond donors (Lipinski definition) is 3. The summed E-state index contributed by atoms with van der Waals surface area (Å²) in [6.07, 6.45) is 3.41. The monoisotopic (exact) mass is 1180 g/mol. The number of Topliss-reactive ketones (excluding diaryl/α,β-unsaturated/α-hetero) is 3. The van der Waals surface area contributed by atoms with Crippen LogP contribution >= 0.6 is 34.8 Å². The van der Waals surface area contributed by atoms with Crippen LogP contribution in [0.5, 0.6) is 17.2 Å². The molecule has 6 aromatic carbocycles. The van der Waals surface area contributed by atoms with Gasteiger partial charge in [-0.25, -0.2) is 26.3 Å². The van der Waals surface area contributed by atoms with E-state index in [-0.39, 0.29) is 125 Å². The molecular formula is C63H66Cl3F6N3O6. The lowest BCUT2D eigenvalue weighted by Gasteiger charge is -2.32. The molecule has 0 saturated carbocycles. The summed E-state index contributed by atoms with van der Waals surface area (Å²) in [6.45, 7) is 3.66. The molecule has 3 heterocycles. The number of ether oxygens (including phenoxy) is 3. The summed E-state index contributed by atoms with van der Waals surface area (Å²) < 4.78 is 102. The molecule has 9 nitrogen and oxygen atoms in total. The van der Waals surface area contributed by atoms with E-state index in [0.29, 0.717) is 73.6 Å². The molecule has 0 spiro atoms. The van der Waals surface area contributed by atoms with Gasteiger partial charge in [-0.15, -0.1) is 0 Å². The van der Waals surface area contributed by atoms with Crippen LogP contribution in [0, 0.1) is 52.7 Å². The summed E-state index contributed by atoms with van der Waals surface area (Å²) in [5.74, 6) is -4.60. The van der Waals surface area contributed by atoms with E-state index >= 15 is 0 Å². The number of halogens is 9. The van der Waals surface area contributed by atoms with Crippen LogP contribution in [-0.4, -0.2) is 77.9 Å². The molecule has 81 heavy (non-hydrogen) atoms. The molecule has 18 heteroatoms. The summed E-state index contributed by atoms with van der Waals surface area (Å²) in [4.78, 5) is 37.6. The Kier molecular flexibility index (Phi) is 23.5. The van der Waals surface area contributed by atoms with Gasteiger partial charge in [-0.05, 0) is 147 Å². The first kappa shape index (κ1) is 62.7. The smallest absolute Gasteiger partial charge is 0.137 e. The lowest BCUT2D eigenvalue weighted by atomic mass is 9.77. The number of benzene rings is 6. The fraction of sp³-hybridized carbons (Fsp3) is 0.381. The molecule has 0 amide bonds. The maximum Gasteiger partial charge on any atom is 0.137 e. The number of rotatable bonds is 18. The largest absolute Gasteiger partial charge is 0.497 e. The number of piperidine rings is 3. The summed E-state index contributed by atoms with van der Waals surface area (Å²) in [5.41, 5.74) is 2.81. The number of ketones is 3. The van der Waals surface area contributed by atoms with E-state index in [2.05, 4.69) is 16.0 Å². The fourth-order valence-electron chi connectivity index (χ4n) is 11.2. The minimum atomic E-state index is -0.617. The molecular weight excluding hydrogens is 1120 g/mol. The Morgan fingerprint density at radius 2 is 0.630 bits per heavy atom. The first-order chi connectivity index (χ1) is 38.9. The van der Waals surface area contributed by atoms with Gasteiger partial charge in [0.25, 0.3) is 0 Å². The van der Waals surface area contributed by atoms with Crippen LogP contribution in [0.15, 0.2) is 109 Å². The first-order valence-electron chi connectivity index (χ1n) is 26.9. The number of nitrogens with one attached hydrogen (secondary N) is 3. The van der Waals surface area contributed by atoms with Gasteiger partial charge < -0.3 is 30.2 Å². The van der Waals surface area contributed by atoms with Crippen LogP contribution < -0.4 is 30.2 Å². The van der Waals surface area contributed by atoms with E-state index in [1.54, 1.807) is 36.4 Å². The topological polar surface area (TPSA) is 115 Å². The Morgan fingerprint density at radius 1 is 0.407 bits per heavy atom. The molecule has 432 valence electrons. The van der Waals surface area contributed by atoms with Crippen molar-refractivity contribution in [2.75, 3.05) is 60.6 Å². The third-order valence-electron chi connectivity index (χ3n) is 15.2. The average Bonchev–Trinajstić information content (AvgIpc) is 3.53. The Balaban J connectivity index is 0.000000175. The number of carbonyl (C=O) groups is 3. The molecule has 3 aliphatic heterocycles. The molecule has 3 N–H and O–H groups in total. The maximum atomic E-state index is 14.5. The molecule has 6 atom stereocenters. The highest BCUT2D eigenvalue weighted by Gasteiger charge is 2.35. The van der Waals surface area contributed by atoms with Gasteiger partial charge in [-0.1, -0.05) is 71.2 Å². The van der Waals surface area contributed by atoms with Gasteiger partial charge in [0, 0.05) is 107 Å². The average molecular weight is 1180 g/mol. The molecule has 6 aromatic rings. The molecule has 3 fully saturated rings. The molecule has 0 radical (unpaired) electrons. The highest BCUT2D eigenvalue weighted by atomic mass is 35.5. The van der Waals surface area contributed by atoms with Crippen LogP contribution in [-0.2, 0) is 33.6 Å². The highest BCUT2D eigenvalue weighted by molar-refractivity contribution is 6.31. The maximum absolute atomic E-state index is 14.5. The first-order valence-corrected chi connectivity index (χ1v) is 28.1. The molecule has 3 aliphatic rings. The van der Waals surface area contributed by atoms with E-state index in [4.69, 9.17) is 49.0 Å². The normalized spacial score (nSPS) is 19.7. The van der Waals surface area contributed by atoms with E-state index in [0.717, 1.165) is 16.7 Å². The highest BCUT2D eigenvalue weighted by Crippen LogP contribution is 2.40. The predicted octanol–water partition coefficient (Wildman–Crippen LogP) is 13.6. The Labute approximate surface area is 484 Å². The molecule has 3 saturated heterocycles. The van der Waals surface area contributed by atoms with Gasteiger partial charge >= 0.3 is 0 Å². The van der Waals surface area contributed by atoms with Crippen molar-refractivity contribution in [1.82, 2.24) is 16.0 Å². The van der Waals surface area contributed by atoms with Crippen molar-refractivity contribution >= 4 is 52.2 Å². The SMILES string of the molecule is COc1cc(F)c(C2CCNCC2CC(=O)Cc2ccc(Cl)cc2)c(F)c1.COc1cc(F)c(C2CCNCC2CC(=O)Cc2ccc(Cl)cc2)c(F)c1.COc1cc(F)c(C2CCNC[C@H]2CC(=O)Cc2ccc(Cl)cc2)c(F)c1. The van der Waals surface area contributed by atoms with E-state index in [1.807, 2.05) is 36.4 Å². The number of hydrogen-bond acceptors (Lipinski definition) is 9. The second kappa shape index (κ2) is 30.4. The van der Waals surface area contributed by atoms with Crippen molar-refractivity contribution in [1.29, 1.82) is 0 Å². The van der Waals surface area contributed by atoms with E-state index < -0.39 is 34.9 Å². The molecule has 0 bridgehead atoms. The third kappa shape index (κ3) is 17.8. The van der Waals surface area contributed by atoms with E-state index in [9.17, 15) is 40.7 Å². The molecule has 0 aliphatic carbocycles. The summed E-state index contributed by atoms with van der Waals surface area (Å²) in [5, 5.41) is 11.6. The van der Waals surface area contributed by atoms with Gasteiger partial charge in [0.15, 0.2) is 0 Å². The zero-order valence-electron chi connectivity index (χ0n) is 45.3. The van der Waals surface area contributed by atoms with Crippen LogP contribution in [0.3, 0.4) is 0 Å². The second-order valence-electron chi connectivity index (χ2n) is 20.7. The number of carbonyl (C=O) groups excluding carboxylic acids is 3. The van der Waals surface area contributed by atoms with Crippen LogP contribution in [0.25, 0.3) is 0 Å². The predicted molar refractivity (Wildman–Crippen MR) is 304 cm³/mol. The van der Waals surface area contributed by atoms with E-state index in [1.165, 1.54) is 57.7 Å². The van der Waals surface area contributed by atoms with Crippen LogP contribution in [0.1, 0.15) is 89.7 Å². The lowest BCUT2D eigenvalue weighted by Crippen LogP contribution is -2.37. The van der Waals surface area contributed by atoms with Gasteiger partial charge in [-0.2, -0.15) is 0 Å². The van der Waals surface area contributed by atoms with Crippen LogP contribution in [0.4, 0.5) is 26.3 Å². The summed E-state index contributed by atoms with van der Waals surface area (Å²) in [6, 6.07) is 28.6. The zero-order chi connectivity index (χ0) is 58.2. The number of methoxy groups -OCH3 is 3.